The molecule has 0 saturated carbocycles. The van der Waals surface area contributed by atoms with E-state index >= 15 is 0 Å². The van der Waals surface area contributed by atoms with Crippen molar-refractivity contribution in [2.24, 2.45) is 16.5 Å². The van der Waals surface area contributed by atoms with E-state index in [0.29, 0.717) is 31.2 Å². The van der Waals surface area contributed by atoms with Crippen LogP contribution >= 0.6 is 11.8 Å². The van der Waals surface area contributed by atoms with Gasteiger partial charge in [-0.1, -0.05) is 19.9 Å². The molecule has 0 bridgehead atoms. The molecule has 1 aliphatic heterocycles. The highest BCUT2D eigenvalue weighted by Crippen LogP contribution is 2.37. The predicted octanol–water partition coefficient (Wildman–Crippen LogP) is -0.0202. The Bertz CT molecular complexity index is 1010. The molecule has 9 N–H and O–H groups in total. The summed E-state index contributed by atoms with van der Waals surface area (Å²) in [6, 6.07) is 5.78. The van der Waals surface area contributed by atoms with Crippen molar-refractivity contribution in [1.29, 1.82) is 0 Å². The number of hydrogen-bond acceptors (Lipinski definition) is 9. The molecule has 0 aliphatic carbocycles. The van der Waals surface area contributed by atoms with Crippen LogP contribution in [-0.2, 0) is 6.42 Å². The highest BCUT2D eigenvalue weighted by Gasteiger charge is 2.44. The number of aromatic nitrogens is 2. The summed E-state index contributed by atoms with van der Waals surface area (Å²) >= 11 is 1.07. The van der Waals surface area contributed by atoms with Gasteiger partial charge in [0.1, 0.15) is 24.6 Å². The van der Waals surface area contributed by atoms with Crippen molar-refractivity contribution >= 4 is 17.7 Å². The van der Waals surface area contributed by atoms with Gasteiger partial charge in [-0.15, -0.1) is 16.9 Å². The number of nitrogens with zero attached hydrogens (tertiary/aromatic N) is 2. The fourth-order valence-electron chi connectivity index (χ4n) is 3.87. The number of guanidine groups is 1. The van der Waals surface area contributed by atoms with Gasteiger partial charge in [0.25, 0.3) is 0 Å². The normalized spacial score (nSPS) is 24.4. The number of nitrogens with two attached hydrogens (primary N) is 2. The lowest BCUT2D eigenvalue weighted by Crippen LogP contribution is -2.55. The van der Waals surface area contributed by atoms with E-state index in [1.165, 1.54) is 0 Å². The molecule has 0 radical (unpaired) electrons. The zero-order valence-corrected chi connectivity index (χ0v) is 20.9. The Morgan fingerprint density at radius 2 is 1.94 bits per heavy atom. The Kier molecular flexibility index (Phi) is 9.25. The molecule has 1 aromatic carbocycles. The lowest BCUT2D eigenvalue weighted by molar-refractivity contribution is -0.0915. The van der Waals surface area contributed by atoms with Gasteiger partial charge in [0.15, 0.2) is 11.4 Å². The molecule has 11 nitrogen and oxygen atoms in total. The first kappa shape index (κ1) is 27.1. The highest BCUT2D eigenvalue weighted by atomic mass is 32.2. The summed E-state index contributed by atoms with van der Waals surface area (Å²) in [5.74, 6) is 1.17. The SMILES string of the molecule is Cc1cc(OCCN=C(N)N)ccc1Cc1c(O[C@@H]2S[C@H](CO)[C@@H](O)C(O)[C@H]2O)n[nH]c1C(C)C. The number of aromatic amines is 1. The largest absolute Gasteiger partial charge is 0.492 e. The van der Waals surface area contributed by atoms with Crippen LogP contribution in [-0.4, -0.2) is 85.3 Å². The minimum Gasteiger partial charge on any atom is -0.492 e. The molecule has 5 atom stereocenters. The molecular weight excluding hydrogens is 474 g/mol. The zero-order chi connectivity index (χ0) is 25.7. The molecule has 1 unspecified atom stereocenters. The van der Waals surface area contributed by atoms with E-state index in [9.17, 15) is 20.4 Å². The van der Waals surface area contributed by atoms with Crippen molar-refractivity contribution in [3.63, 3.8) is 0 Å². The highest BCUT2D eigenvalue weighted by molar-refractivity contribution is 8.00. The number of hydrogen-bond donors (Lipinski definition) is 7. The van der Waals surface area contributed by atoms with Gasteiger partial charge in [0, 0.05) is 17.7 Å². The number of benzene rings is 1. The Morgan fingerprint density at radius 1 is 1.20 bits per heavy atom. The van der Waals surface area contributed by atoms with Crippen LogP contribution in [0.15, 0.2) is 23.2 Å². The molecule has 2 heterocycles. The van der Waals surface area contributed by atoms with E-state index in [2.05, 4.69) is 15.2 Å². The van der Waals surface area contributed by atoms with E-state index in [4.69, 9.17) is 20.9 Å². The van der Waals surface area contributed by atoms with E-state index < -0.39 is 29.0 Å². The predicted molar refractivity (Wildman–Crippen MR) is 134 cm³/mol. The monoisotopic (exact) mass is 509 g/mol. The Labute approximate surface area is 208 Å². The molecule has 1 fully saturated rings. The summed E-state index contributed by atoms with van der Waals surface area (Å²) in [5, 5.41) is 46.9. The van der Waals surface area contributed by atoms with Gasteiger partial charge in [-0.05, 0) is 36.1 Å². The number of H-pyrrole nitrogens is 1. The van der Waals surface area contributed by atoms with Crippen LogP contribution in [0.2, 0.25) is 0 Å². The third-order valence-electron chi connectivity index (χ3n) is 5.85. The number of thioether (sulfide) groups is 1. The van der Waals surface area contributed by atoms with Crippen LogP contribution in [0.3, 0.4) is 0 Å². The van der Waals surface area contributed by atoms with E-state index in [1.54, 1.807) is 0 Å². The van der Waals surface area contributed by atoms with Crippen molar-refractivity contribution in [3.8, 4) is 11.6 Å². The number of aliphatic hydroxyl groups excluding tert-OH is 4. The second-order valence-electron chi connectivity index (χ2n) is 8.81. The van der Waals surface area contributed by atoms with Crippen LogP contribution in [0.25, 0.3) is 0 Å². The van der Waals surface area contributed by atoms with Crippen LogP contribution < -0.4 is 20.9 Å². The standard InChI is InChI=1S/C23H35N5O6S/c1-11(2)17-15(9-13-4-5-14(8-12(13)3)33-7-6-26-23(24)25)21(28-27-17)34-22-20(32)19(31)18(30)16(10-29)35-22/h4-5,8,11,16,18-20,22,29-32H,6-7,9-10H2,1-3H3,(H,27,28)(H4,24,25,26)/t16-,18-,19?,20-,22-/m1/s1. The van der Waals surface area contributed by atoms with Gasteiger partial charge in [-0.3, -0.25) is 10.1 Å². The second kappa shape index (κ2) is 12.0. The fraction of sp³-hybridized carbons (Fsp3) is 0.565. The smallest absolute Gasteiger partial charge is 0.237 e. The van der Waals surface area contributed by atoms with Crippen LogP contribution in [0.4, 0.5) is 0 Å². The van der Waals surface area contributed by atoms with Crippen molar-refractivity contribution in [2.45, 2.75) is 62.1 Å². The van der Waals surface area contributed by atoms with E-state index in [1.807, 2.05) is 39.0 Å². The second-order valence-corrected chi connectivity index (χ2v) is 10.2. The number of aliphatic imine (C=N–C) groups is 1. The van der Waals surface area contributed by atoms with E-state index in [0.717, 1.165) is 34.1 Å². The summed E-state index contributed by atoms with van der Waals surface area (Å²) in [7, 11) is 0. The van der Waals surface area contributed by atoms with Gasteiger partial charge in [-0.2, -0.15) is 0 Å². The van der Waals surface area contributed by atoms with Crippen molar-refractivity contribution < 1.29 is 29.9 Å². The molecule has 0 amide bonds. The minimum absolute atomic E-state index is 0.0240. The minimum atomic E-state index is -1.44. The van der Waals surface area contributed by atoms with Gasteiger partial charge < -0.3 is 41.4 Å². The molecular formula is C23H35N5O6S. The topological polar surface area (TPSA) is 192 Å². The van der Waals surface area contributed by atoms with Crippen LogP contribution in [0, 0.1) is 6.92 Å². The Hall–Kier alpha value is -2.51. The molecule has 3 rings (SSSR count). The van der Waals surface area contributed by atoms with Gasteiger partial charge in [0.2, 0.25) is 5.88 Å². The molecule has 1 aromatic heterocycles. The average molecular weight is 510 g/mol. The molecule has 1 aliphatic rings. The molecule has 2 aromatic rings. The summed E-state index contributed by atoms with van der Waals surface area (Å²) in [6.07, 6.45) is -3.52. The maximum Gasteiger partial charge on any atom is 0.237 e. The summed E-state index contributed by atoms with van der Waals surface area (Å²) in [6.45, 7) is 6.41. The third kappa shape index (κ3) is 6.58. The van der Waals surface area contributed by atoms with Crippen molar-refractivity contribution in [3.05, 3.63) is 40.6 Å². The van der Waals surface area contributed by atoms with E-state index in [-0.39, 0.29) is 18.5 Å². The Balaban J connectivity index is 1.79. The van der Waals surface area contributed by atoms with Crippen molar-refractivity contribution in [2.75, 3.05) is 19.8 Å². The number of aryl methyl sites for hydroxylation is 1. The lowest BCUT2D eigenvalue weighted by atomic mass is 9.97. The quantitative estimate of drug-likeness (QED) is 0.130. The van der Waals surface area contributed by atoms with Gasteiger partial charge in [-0.25, -0.2) is 0 Å². The first-order valence-electron chi connectivity index (χ1n) is 11.4. The summed E-state index contributed by atoms with van der Waals surface area (Å²) < 4.78 is 11.7. The molecule has 1 saturated heterocycles. The molecule has 0 spiro atoms. The van der Waals surface area contributed by atoms with Crippen LogP contribution in [0.1, 0.15) is 42.1 Å². The molecule has 35 heavy (non-hydrogen) atoms. The molecule has 12 heteroatoms. The number of aliphatic hydroxyl groups is 4. The summed E-state index contributed by atoms with van der Waals surface area (Å²) in [5.41, 5.74) is 13.5. The number of nitrogens with one attached hydrogen (secondary N) is 1. The first-order chi connectivity index (χ1) is 16.6. The lowest BCUT2D eigenvalue weighted by Gasteiger charge is -2.38. The maximum atomic E-state index is 10.5. The van der Waals surface area contributed by atoms with Gasteiger partial charge >= 0.3 is 0 Å². The van der Waals surface area contributed by atoms with Crippen LogP contribution in [0.5, 0.6) is 11.6 Å². The zero-order valence-electron chi connectivity index (χ0n) is 20.1. The molecule has 194 valence electrons. The Morgan fingerprint density at radius 3 is 2.57 bits per heavy atom. The fourth-order valence-corrected chi connectivity index (χ4v) is 5.09. The van der Waals surface area contributed by atoms with Gasteiger partial charge in [0.05, 0.1) is 24.5 Å². The summed E-state index contributed by atoms with van der Waals surface area (Å²) in [4.78, 5) is 3.90. The average Bonchev–Trinajstić information content (AvgIpc) is 3.21. The number of ether oxygens (including phenoxy) is 2. The third-order valence-corrected chi connectivity index (χ3v) is 7.27. The van der Waals surface area contributed by atoms with Crippen molar-refractivity contribution in [1.82, 2.24) is 10.2 Å². The number of rotatable bonds is 10. The first-order valence-corrected chi connectivity index (χ1v) is 12.4. The maximum absolute atomic E-state index is 10.5.